The van der Waals surface area contributed by atoms with Gasteiger partial charge in [-0.25, -0.2) is 4.98 Å². The highest BCUT2D eigenvalue weighted by Crippen LogP contribution is 2.24. The SMILES string of the molecule is CC[C@H](C)n1c(SCC(=O)NCc2ccc(C)cc2)nc2ccsc2c1=O. The maximum atomic E-state index is 12.8. The molecule has 1 amide bonds. The van der Waals surface area contributed by atoms with Gasteiger partial charge >= 0.3 is 0 Å². The molecule has 0 bridgehead atoms. The van der Waals surface area contributed by atoms with Gasteiger partial charge in [-0.15, -0.1) is 11.3 Å². The Labute approximate surface area is 166 Å². The number of aryl methyl sites for hydroxylation is 1. The van der Waals surface area contributed by atoms with E-state index >= 15 is 0 Å². The van der Waals surface area contributed by atoms with E-state index in [0.29, 0.717) is 21.9 Å². The summed E-state index contributed by atoms with van der Waals surface area (Å²) in [5.74, 6) is 0.153. The number of aromatic nitrogens is 2. The first-order valence-electron chi connectivity index (χ1n) is 8.94. The van der Waals surface area contributed by atoms with Crippen molar-refractivity contribution in [2.75, 3.05) is 5.75 Å². The third-order valence-electron chi connectivity index (χ3n) is 4.45. The summed E-state index contributed by atoms with van der Waals surface area (Å²) >= 11 is 2.72. The smallest absolute Gasteiger partial charge is 0.272 e. The number of carbonyl (C=O) groups excluding carboxylic acids is 1. The summed E-state index contributed by atoms with van der Waals surface area (Å²) in [4.78, 5) is 29.7. The molecule has 3 aromatic rings. The van der Waals surface area contributed by atoms with Gasteiger partial charge in [0.2, 0.25) is 5.91 Å². The molecule has 3 rings (SSSR count). The number of thioether (sulfide) groups is 1. The average molecular weight is 402 g/mol. The maximum Gasteiger partial charge on any atom is 0.272 e. The van der Waals surface area contributed by atoms with E-state index in [1.165, 1.54) is 28.7 Å². The second-order valence-corrected chi connectivity index (χ2v) is 8.37. The Kier molecular flexibility index (Phi) is 6.34. The van der Waals surface area contributed by atoms with E-state index in [1.807, 2.05) is 56.5 Å². The van der Waals surface area contributed by atoms with Gasteiger partial charge in [0.15, 0.2) is 5.16 Å². The number of carbonyl (C=O) groups is 1. The van der Waals surface area contributed by atoms with E-state index in [1.54, 1.807) is 4.57 Å². The predicted molar refractivity (Wildman–Crippen MR) is 113 cm³/mol. The summed E-state index contributed by atoms with van der Waals surface area (Å²) in [5.41, 5.74) is 2.94. The molecule has 7 heteroatoms. The highest BCUT2D eigenvalue weighted by atomic mass is 32.2. The number of nitrogens with one attached hydrogen (secondary N) is 1. The largest absolute Gasteiger partial charge is 0.351 e. The molecule has 0 aliphatic carbocycles. The molecule has 5 nitrogen and oxygen atoms in total. The van der Waals surface area contributed by atoms with Gasteiger partial charge in [0.05, 0.1) is 11.3 Å². The molecule has 1 atom stereocenters. The zero-order chi connectivity index (χ0) is 19.4. The number of hydrogen-bond donors (Lipinski definition) is 1. The zero-order valence-electron chi connectivity index (χ0n) is 15.7. The minimum atomic E-state index is -0.0732. The van der Waals surface area contributed by atoms with Crippen molar-refractivity contribution in [3.8, 4) is 0 Å². The molecule has 27 heavy (non-hydrogen) atoms. The van der Waals surface area contributed by atoms with Crippen molar-refractivity contribution in [3.05, 3.63) is 57.2 Å². The predicted octanol–water partition coefficient (Wildman–Crippen LogP) is 4.15. The number of nitrogens with zero attached hydrogens (tertiary/aromatic N) is 2. The lowest BCUT2D eigenvalue weighted by Gasteiger charge is -2.17. The molecule has 142 valence electrons. The Morgan fingerprint density at radius 2 is 2.04 bits per heavy atom. The van der Waals surface area contributed by atoms with Crippen LogP contribution in [0.4, 0.5) is 0 Å². The van der Waals surface area contributed by atoms with E-state index < -0.39 is 0 Å². The van der Waals surface area contributed by atoms with E-state index in [2.05, 4.69) is 10.3 Å². The number of thiophene rings is 1. The van der Waals surface area contributed by atoms with Crippen LogP contribution < -0.4 is 10.9 Å². The summed E-state index contributed by atoms with van der Waals surface area (Å²) in [5, 5.41) is 5.41. The number of hydrogen-bond acceptors (Lipinski definition) is 5. The van der Waals surface area contributed by atoms with Gasteiger partial charge in [-0.05, 0) is 37.3 Å². The monoisotopic (exact) mass is 401 g/mol. The molecule has 1 aromatic carbocycles. The second-order valence-electron chi connectivity index (χ2n) is 6.51. The van der Waals surface area contributed by atoms with E-state index in [9.17, 15) is 9.59 Å². The summed E-state index contributed by atoms with van der Waals surface area (Å²) in [6, 6.07) is 9.96. The Morgan fingerprint density at radius 3 is 2.74 bits per heavy atom. The van der Waals surface area contributed by atoms with Crippen LogP contribution in [0, 0.1) is 6.92 Å². The molecule has 2 heterocycles. The fourth-order valence-corrected chi connectivity index (χ4v) is 4.36. The van der Waals surface area contributed by atoms with Gasteiger partial charge < -0.3 is 5.32 Å². The summed E-state index contributed by atoms with van der Waals surface area (Å²) in [7, 11) is 0. The lowest BCUT2D eigenvalue weighted by atomic mass is 10.1. The highest BCUT2D eigenvalue weighted by molar-refractivity contribution is 7.99. The van der Waals surface area contributed by atoms with Gasteiger partial charge in [-0.2, -0.15) is 0 Å². The van der Waals surface area contributed by atoms with Crippen LogP contribution in [0.25, 0.3) is 10.2 Å². The van der Waals surface area contributed by atoms with Crippen molar-refractivity contribution in [2.45, 2.75) is 44.9 Å². The molecular formula is C20H23N3O2S2. The molecule has 2 aromatic heterocycles. The van der Waals surface area contributed by atoms with Crippen molar-refractivity contribution in [1.29, 1.82) is 0 Å². The third kappa shape index (κ3) is 4.59. The highest BCUT2D eigenvalue weighted by Gasteiger charge is 2.17. The fraction of sp³-hybridized carbons (Fsp3) is 0.350. The molecule has 0 aliphatic rings. The Hall–Kier alpha value is -2.12. The zero-order valence-corrected chi connectivity index (χ0v) is 17.3. The Balaban J connectivity index is 1.71. The minimum absolute atomic E-state index is 0.0214. The van der Waals surface area contributed by atoms with Crippen LogP contribution in [0.2, 0.25) is 0 Å². The van der Waals surface area contributed by atoms with Gasteiger partial charge in [0, 0.05) is 12.6 Å². The number of amides is 1. The fourth-order valence-electron chi connectivity index (χ4n) is 2.66. The molecule has 0 saturated heterocycles. The van der Waals surface area contributed by atoms with Crippen LogP contribution in [0.1, 0.15) is 37.4 Å². The Bertz CT molecular complexity index is 993. The van der Waals surface area contributed by atoms with Crippen LogP contribution in [-0.2, 0) is 11.3 Å². The van der Waals surface area contributed by atoms with Crippen LogP contribution in [0.3, 0.4) is 0 Å². The number of benzene rings is 1. The average Bonchev–Trinajstić information content (AvgIpc) is 3.14. The first-order chi connectivity index (χ1) is 13.0. The Morgan fingerprint density at radius 1 is 1.30 bits per heavy atom. The summed E-state index contributed by atoms with van der Waals surface area (Å²) in [6.07, 6.45) is 0.825. The van der Waals surface area contributed by atoms with Crippen LogP contribution in [-0.4, -0.2) is 21.2 Å². The maximum absolute atomic E-state index is 12.8. The molecule has 0 spiro atoms. The van der Waals surface area contributed by atoms with Crippen molar-refractivity contribution in [2.24, 2.45) is 0 Å². The van der Waals surface area contributed by atoms with E-state index in [-0.39, 0.29) is 23.3 Å². The third-order valence-corrected chi connectivity index (χ3v) is 6.30. The van der Waals surface area contributed by atoms with E-state index in [0.717, 1.165) is 12.0 Å². The van der Waals surface area contributed by atoms with Gasteiger partial charge in [-0.3, -0.25) is 14.2 Å². The van der Waals surface area contributed by atoms with Crippen LogP contribution in [0.5, 0.6) is 0 Å². The normalized spacial score (nSPS) is 12.3. The van der Waals surface area contributed by atoms with E-state index in [4.69, 9.17) is 0 Å². The number of rotatable bonds is 7. The van der Waals surface area contributed by atoms with Crippen LogP contribution >= 0.6 is 23.1 Å². The molecule has 0 radical (unpaired) electrons. The molecule has 0 aliphatic heterocycles. The molecule has 0 unspecified atom stereocenters. The van der Waals surface area contributed by atoms with Gasteiger partial charge in [-0.1, -0.05) is 48.5 Å². The first-order valence-corrected chi connectivity index (χ1v) is 10.8. The van der Waals surface area contributed by atoms with Crippen molar-refractivity contribution >= 4 is 39.2 Å². The quantitative estimate of drug-likeness (QED) is 0.477. The molecule has 0 fully saturated rings. The molecule has 0 saturated carbocycles. The van der Waals surface area contributed by atoms with Crippen molar-refractivity contribution < 1.29 is 4.79 Å². The molecule has 1 N–H and O–H groups in total. The second kappa shape index (κ2) is 8.71. The standard InChI is InChI=1S/C20H23N3O2S2/c1-4-14(3)23-19(25)18-16(9-10-26-18)22-20(23)27-12-17(24)21-11-15-7-5-13(2)6-8-15/h5-10,14H,4,11-12H2,1-3H3,(H,21,24)/t14-/m0/s1. The molecular weight excluding hydrogens is 378 g/mol. The number of fused-ring (bicyclic) bond motifs is 1. The van der Waals surface area contributed by atoms with Crippen molar-refractivity contribution in [1.82, 2.24) is 14.9 Å². The minimum Gasteiger partial charge on any atom is -0.351 e. The lowest BCUT2D eigenvalue weighted by Crippen LogP contribution is -2.27. The van der Waals surface area contributed by atoms with Crippen molar-refractivity contribution in [3.63, 3.8) is 0 Å². The van der Waals surface area contributed by atoms with Crippen LogP contribution in [0.15, 0.2) is 45.7 Å². The summed E-state index contributed by atoms with van der Waals surface area (Å²) < 4.78 is 2.39. The summed E-state index contributed by atoms with van der Waals surface area (Å²) in [6.45, 7) is 6.57. The van der Waals surface area contributed by atoms with Gasteiger partial charge in [0.1, 0.15) is 4.70 Å². The van der Waals surface area contributed by atoms with Gasteiger partial charge in [0.25, 0.3) is 5.56 Å². The first kappa shape index (κ1) is 19.6. The lowest BCUT2D eigenvalue weighted by molar-refractivity contribution is -0.118. The topological polar surface area (TPSA) is 64.0 Å².